The number of hydrogen-bond donors (Lipinski definition) is 1. The van der Waals surface area contributed by atoms with Gasteiger partial charge in [-0.15, -0.1) is 0 Å². The second-order valence-corrected chi connectivity index (χ2v) is 8.67. The smallest absolute Gasteiger partial charge is 0.248 e. The normalized spacial score (nSPS) is 11.2. The highest BCUT2D eigenvalue weighted by Gasteiger charge is 2.23. The molecular weight excluding hydrogens is 529 g/mol. The molecule has 1 amide bonds. The van der Waals surface area contributed by atoms with Crippen molar-refractivity contribution in [2.75, 3.05) is 12.4 Å². The molecule has 4 rings (SSSR count). The summed E-state index contributed by atoms with van der Waals surface area (Å²) in [6.45, 7) is 0. The van der Waals surface area contributed by atoms with Gasteiger partial charge in [-0.05, 0) is 70.0 Å². The number of halogens is 3. The molecule has 0 saturated carbocycles. The summed E-state index contributed by atoms with van der Waals surface area (Å²) in [6, 6.07) is 17.0. The van der Waals surface area contributed by atoms with Crippen molar-refractivity contribution >= 4 is 73.6 Å². The highest BCUT2D eigenvalue weighted by atomic mass is 79.9. The minimum Gasteiger partial charge on any atom is -0.496 e. The average molecular weight is 545 g/mol. The summed E-state index contributed by atoms with van der Waals surface area (Å²) < 4.78 is 11.7. The monoisotopic (exact) mass is 543 g/mol. The first-order valence-electron chi connectivity index (χ1n) is 9.71. The number of fused-ring (bicyclic) bond motifs is 1. The molecule has 1 aromatic heterocycles. The van der Waals surface area contributed by atoms with Crippen LogP contribution in [0.4, 0.5) is 5.69 Å². The number of rotatable bonds is 6. The van der Waals surface area contributed by atoms with E-state index in [0.29, 0.717) is 48.1 Å². The van der Waals surface area contributed by atoms with Gasteiger partial charge in [0.05, 0.1) is 17.3 Å². The molecule has 0 atom stereocenters. The molecule has 166 valence electrons. The maximum atomic E-state index is 13.3. The van der Waals surface area contributed by atoms with Gasteiger partial charge in [-0.25, -0.2) is 0 Å². The van der Waals surface area contributed by atoms with Gasteiger partial charge in [0.25, 0.3) is 0 Å². The van der Waals surface area contributed by atoms with Crippen molar-refractivity contribution in [2.45, 2.75) is 0 Å². The number of methoxy groups -OCH3 is 1. The summed E-state index contributed by atoms with van der Waals surface area (Å²) >= 11 is 15.5. The molecule has 0 fully saturated rings. The Morgan fingerprint density at radius 2 is 1.85 bits per heavy atom. The number of anilines is 1. The Bertz CT molecular complexity index is 1410. The van der Waals surface area contributed by atoms with E-state index in [2.05, 4.69) is 21.2 Å². The van der Waals surface area contributed by atoms with Crippen LogP contribution in [0.3, 0.4) is 0 Å². The third kappa shape index (κ3) is 4.98. The van der Waals surface area contributed by atoms with Crippen LogP contribution in [0, 0.1) is 0 Å². The van der Waals surface area contributed by atoms with Gasteiger partial charge in [0.2, 0.25) is 11.7 Å². The largest absolute Gasteiger partial charge is 0.496 e. The molecule has 4 aromatic rings. The van der Waals surface area contributed by atoms with Crippen LogP contribution in [0.1, 0.15) is 21.7 Å². The third-order valence-corrected chi connectivity index (χ3v) is 6.02. The number of para-hydroxylation sites is 1. The fraction of sp³-hybridized carbons (Fsp3) is 0.0400. The van der Waals surface area contributed by atoms with E-state index < -0.39 is 5.91 Å². The third-order valence-electron chi connectivity index (χ3n) is 4.84. The van der Waals surface area contributed by atoms with Crippen LogP contribution in [0.2, 0.25) is 10.0 Å². The predicted octanol–water partition coefficient (Wildman–Crippen LogP) is 7.39. The number of furan rings is 1. The number of benzene rings is 3. The Kier molecular flexibility index (Phi) is 6.88. The number of nitrogens with one attached hydrogen (secondary N) is 1. The lowest BCUT2D eigenvalue weighted by molar-refractivity contribution is -0.111. The van der Waals surface area contributed by atoms with Crippen LogP contribution >= 0.6 is 39.1 Å². The summed E-state index contributed by atoms with van der Waals surface area (Å²) in [5, 5.41) is 4.31. The summed E-state index contributed by atoms with van der Waals surface area (Å²) in [5.41, 5.74) is 1.78. The number of amides is 1. The van der Waals surface area contributed by atoms with E-state index in [0.717, 1.165) is 0 Å². The van der Waals surface area contributed by atoms with E-state index in [-0.39, 0.29) is 11.5 Å². The van der Waals surface area contributed by atoms with Gasteiger partial charge in [0.1, 0.15) is 11.3 Å². The van der Waals surface area contributed by atoms with Crippen molar-refractivity contribution in [2.24, 2.45) is 0 Å². The maximum absolute atomic E-state index is 13.3. The Morgan fingerprint density at radius 1 is 1.06 bits per heavy atom. The Labute approximate surface area is 208 Å². The SMILES string of the molecule is COc1ccc(C(=O)c2oc3ccccc3c2NC(=O)/C=C/c2ccc(Cl)cc2Cl)cc1Br. The number of carbonyl (C=O) groups excluding carboxylic acids is 2. The minimum atomic E-state index is -0.447. The van der Waals surface area contributed by atoms with Gasteiger partial charge in [-0.3, -0.25) is 9.59 Å². The number of ether oxygens (including phenoxy) is 1. The highest BCUT2D eigenvalue weighted by Crippen LogP contribution is 2.34. The van der Waals surface area contributed by atoms with Gasteiger partial charge in [-0.1, -0.05) is 41.4 Å². The lowest BCUT2D eigenvalue weighted by Crippen LogP contribution is -2.11. The average Bonchev–Trinajstić information content (AvgIpc) is 3.16. The van der Waals surface area contributed by atoms with Gasteiger partial charge in [-0.2, -0.15) is 0 Å². The van der Waals surface area contributed by atoms with E-state index in [1.54, 1.807) is 73.8 Å². The Balaban J connectivity index is 1.68. The summed E-state index contributed by atoms with van der Waals surface area (Å²) in [7, 11) is 1.54. The molecule has 0 aliphatic carbocycles. The van der Waals surface area contributed by atoms with Crippen molar-refractivity contribution < 1.29 is 18.7 Å². The zero-order chi connectivity index (χ0) is 23.5. The van der Waals surface area contributed by atoms with Crippen molar-refractivity contribution in [1.29, 1.82) is 0 Å². The number of ketones is 1. The molecule has 0 aliphatic heterocycles. The highest BCUT2D eigenvalue weighted by molar-refractivity contribution is 9.10. The van der Waals surface area contributed by atoms with Crippen LogP contribution in [-0.4, -0.2) is 18.8 Å². The number of hydrogen-bond acceptors (Lipinski definition) is 4. The number of carbonyl (C=O) groups is 2. The first kappa shape index (κ1) is 23.1. The molecule has 33 heavy (non-hydrogen) atoms. The predicted molar refractivity (Wildman–Crippen MR) is 134 cm³/mol. The van der Waals surface area contributed by atoms with E-state index >= 15 is 0 Å². The van der Waals surface area contributed by atoms with Gasteiger partial charge in [0.15, 0.2) is 5.76 Å². The van der Waals surface area contributed by atoms with Crippen molar-refractivity contribution in [3.05, 3.63) is 98.1 Å². The second-order valence-electron chi connectivity index (χ2n) is 6.97. The molecule has 5 nitrogen and oxygen atoms in total. The molecule has 0 saturated heterocycles. The van der Waals surface area contributed by atoms with Crippen molar-refractivity contribution in [3.8, 4) is 5.75 Å². The molecule has 0 radical (unpaired) electrons. The lowest BCUT2D eigenvalue weighted by Gasteiger charge is -2.07. The fourth-order valence-electron chi connectivity index (χ4n) is 3.24. The van der Waals surface area contributed by atoms with Gasteiger partial charge >= 0.3 is 0 Å². The molecule has 0 aliphatic rings. The second kappa shape index (κ2) is 9.83. The molecule has 3 aromatic carbocycles. The first-order chi connectivity index (χ1) is 15.9. The van der Waals surface area contributed by atoms with Crippen LogP contribution in [0.5, 0.6) is 5.75 Å². The van der Waals surface area contributed by atoms with Crippen LogP contribution < -0.4 is 10.1 Å². The standard InChI is InChI=1S/C25H16BrCl2NO4/c1-32-21-10-7-15(12-18(21)26)24(31)25-23(17-4-2-3-5-20(17)33-25)29-22(30)11-8-14-6-9-16(27)13-19(14)28/h2-13H,1H3,(H,29,30)/b11-8+. The topological polar surface area (TPSA) is 68.5 Å². The maximum Gasteiger partial charge on any atom is 0.248 e. The summed E-state index contributed by atoms with van der Waals surface area (Å²) in [5.74, 6) is -0.206. The van der Waals surface area contributed by atoms with Crippen LogP contribution in [0.15, 0.2) is 75.6 Å². The lowest BCUT2D eigenvalue weighted by atomic mass is 10.1. The van der Waals surface area contributed by atoms with Crippen LogP contribution in [-0.2, 0) is 4.79 Å². The molecule has 0 unspecified atom stereocenters. The zero-order valence-corrected chi connectivity index (χ0v) is 20.3. The van der Waals surface area contributed by atoms with E-state index in [9.17, 15) is 9.59 Å². The van der Waals surface area contributed by atoms with E-state index in [1.807, 2.05) is 0 Å². The molecule has 1 heterocycles. The molecule has 1 N–H and O–H groups in total. The summed E-state index contributed by atoms with van der Waals surface area (Å²) in [6.07, 6.45) is 2.90. The quantitative estimate of drug-likeness (QED) is 0.203. The van der Waals surface area contributed by atoms with E-state index in [1.165, 1.54) is 6.08 Å². The van der Waals surface area contributed by atoms with Gasteiger partial charge in [0, 0.05) is 27.1 Å². The molecule has 0 bridgehead atoms. The van der Waals surface area contributed by atoms with Crippen molar-refractivity contribution in [1.82, 2.24) is 0 Å². The molecule has 8 heteroatoms. The van der Waals surface area contributed by atoms with Crippen molar-refractivity contribution in [3.63, 3.8) is 0 Å². The minimum absolute atomic E-state index is 0.0274. The molecular formula is C25H16BrCl2NO4. The Morgan fingerprint density at radius 3 is 2.58 bits per heavy atom. The first-order valence-corrected chi connectivity index (χ1v) is 11.3. The fourth-order valence-corrected chi connectivity index (χ4v) is 4.25. The van der Waals surface area contributed by atoms with E-state index in [4.69, 9.17) is 32.4 Å². The van der Waals surface area contributed by atoms with Gasteiger partial charge < -0.3 is 14.5 Å². The zero-order valence-electron chi connectivity index (χ0n) is 17.2. The molecule has 0 spiro atoms. The summed E-state index contributed by atoms with van der Waals surface area (Å²) in [4.78, 5) is 26.0. The van der Waals surface area contributed by atoms with Crippen LogP contribution in [0.25, 0.3) is 17.0 Å². The Hall–Kier alpha value is -3.06.